The summed E-state index contributed by atoms with van der Waals surface area (Å²) < 4.78 is 5.64. The fourth-order valence-corrected chi connectivity index (χ4v) is 1.63. The van der Waals surface area contributed by atoms with Gasteiger partial charge in [-0.25, -0.2) is 0 Å². The van der Waals surface area contributed by atoms with Crippen LogP contribution in [-0.4, -0.2) is 18.4 Å². The van der Waals surface area contributed by atoms with Crippen molar-refractivity contribution in [1.29, 1.82) is 0 Å². The molecule has 0 radical (unpaired) electrons. The molecule has 0 saturated carbocycles. The van der Waals surface area contributed by atoms with Crippen LogP contribution in [0, 0.1) is 0 Å². The molecule has 3 nitrogen and oxygen atoms in total. The van der Waals surface area contributed by atoms with Crippen molar-refractivity contribution in [2.45, 2.75) is 32.7 Å². The van der Waals surface area contributed by atoms with E-state index >= 15 is 0 Å². The van der Waals surface area contributed by atoms with E-state index in [9.17, 15) is 4.79 Å². The minimum Gasteiger partial charge on any atom is -0.494 e. The summed E-state index contributed by atoms with van der Waals surface area (Å²) in [5.41, 5.74) is 1.02. The van der Waals surface area contributed by atoms with Gasteiger partial charge in [-0.3, -0.25) is 4.79 Å². The topological polar surface area (TPSA) is 38.3 Å². The second-order valence-electron chi connectivity index (χ2n) is 4.11. The van der Waals surface area contributed by atoms with Gasteiger partial charge in [0.25, 0.3) is 0 Å². The zero-order valence-electron chi connectivity index (χ0n) is 10.7. The third-order valence-electron chi connectivity index (χ3n) is 2.53. The molecule has 1 rings (SSSR count). The summed E-state index contributed by atoms with van der Waals surface area (Å²) in [7, 11) is 0. The van der Waals surface area contributed by atoms with Gasteiger partial charge in [-0.15, -0.1) is 11.6 Å². The number of hydrogen-bond acceptors (Lipinski definition) is 2. The third-order valence-corrected chi connectivity index (χ3v) is 2.77. The Hall–Kier alpha value is -1.22. The monoisotopic (exact) mass is 269 g/mol. The molecule has 0 unspecified atom stereocenters. The van der Waals surface area contributed by atoms with Crippen LogP contribution in [0.2, 0.25) is 0 Å². The first-order valence-corrected chi connectivity index (χ1v) is 6.84. The lowest BCUT2D eigenvalue weighted by atomic mass is 10.2. The molecule has 0 bridgehead atoms. The summed E-state index contributed by atoms with van der Waals surface area (Å²) in [4.78, 5) is 11.0. The minimum absolute atomic E-state index is 0.00674. The second-order valence-corrected chi connectivity index (χ2v) is 4.38. The number of rotatable bonds is 8. The molecular weight excluding hydrogens is 250 g/mol. The zero-order chi connectivity index (χ0) is 13.2. The second kappa shape index (κ2) is 8.81. The molecule has 0 aliphatic carbocycles. The van der Waals surface area contributed by atoms with Gasteiger partial charge in [-0.1, -0.05) is 31.9 Å². The molecule has 0 heterocycles. The molecule has 4 heteroatoms. The Morgan fingerprint density at radius 3 is 2.94 bits per heavy atom. The highest BCUT2D eigenvalue weighted by atomic mass is 35.5. The zero-order valence-corrected chi connectivity index (χ0v) is 11.5. The Balaban J connectivity index is 2.39. The normalized spacial score (nSPS) is 10.1. The minimum atomic E-state index is -0.161. The number of benzene rings is 1. The highest BCUT2D eigenvalue weighted by Crippen LogP contribution is 2.13. The van der Waals surface area contributed by atoms with Crippen LogP contribution in [-0.2, 0) is 11.3 Å². The number of amides is 1. The smallest absolute Gasteiger partial charge is 0.235 e. The van der Waals surface area contributed by atoms with Crippen LogP contribution in [0.15, 0.2) is 24.3 Å². The quantitative estimate of drug-likeness (QED) is 0.582. The van der Waals surface area contributed by atoms with Gasteiger partial charge >= 0.3 is 0 Å². The predicted molar refractivity (Wildman–Crippen MR) is 74.0 cm³/mol. The Morgan fingerprint density at radius 2 is 2.22 bits per heavy atom. The summed E-state index contributed by atoms with van der Waals surface area (Å²) >= 11 is 5.41. The lowest BCUT2D eigenvalue weighted by Gasteiger charge is -2.08. The lowest BCUT2D eigenvalue weighted by molar-refractivity contribution is -0.118. The number of alkyl halides is 1. The average molecular weight is 270 g/mol. The molecule has 0 aliphatic rings. The molecule has 0 spiro atoms. The lowest BCUT2D eigenvalue weighted by Crippen LogP contribution is -2.23. The van der Waals surface area contributed by atoms with Crippen LogP contribution in [0.3, 0.4) is 0 Å². The van der Waals surface area contributed by atoms with Crippen LogP contribution in [0.1, 0.15) is 31.7 Å². The highest BCUT2D eigenvalue weighted by molar-refractivity contribution is 6.27. The molecule has 18 heavy (non-hydrogen) atoms. The van der Waals surface area contributed by atoms with E-state index in [1.807, 2.05) is 24.3 Å². The molecule has 0 fully saturated rings. The van der Waals surface area contributed by atoms with E-state index in [2.05, 4.69) is 12.2 Å². The molecule has 0 atom stereocenters. The summed E-state index contributed by atoms with van der Waals surface area (Å²) in [5, 5.41) is 2.73. The van der Waals surface area contributed by atoms with Gasteiger partial charge in [0.2, 0.25) is 5.91 Å². The van der Waals surface area contributed by atoms with Crippen LogP contribution in [0.5, 0.6) is 5.75 Å². The van der Waals surface area contributed by atoms with Crippen molar-refractivity contribution in [3.8, 4) is 5.75 Å². The van der Waals surface area contributed by atoms with Gasteiger partial charge in [0.05, 0.1) is 6.61 Å². The summed E-state index contributed by atoms with van der Waals surface area (Å²) in [5.74, 6) is 0.683. The molecule has 1 N–H and O–H groups in total. The van der Waals surface area contributed by atoms with Crippen molar-refractivity contribution in [3.05, 3.63) is 29.8 Å². The van der Waals surface area contributed by atoms with Crippen molar-refractivity contribution in [2.75, 3.05) is 12.5 Å². The van der Waals surface area contributed by atoms with E-state index in [1.54, 1.807) is 0 Å². The first-order chi connectivity index (χ1) is 8.76. The molecule has 0 aliphatic heterocycles. The summed E-state index contributed by atoms with van der Waals surface area (Å²) in [6.07, 6.45) is 3.45. The summed E-state index contributed by atoms with van der Waals surface area (Å²) in [6.45, 7) is 3.39. The highest BCUT2D eigenvalue weighted by Gasteiger charge is 2.00. The molecule has 1 amide bonds. The first-order valence-electron chi connectivity index (χ1n) is 6.30. The number of halogens is 1. The molecule has 1 aromatic carbocycles. The van der Waals surface area contributed by atoms with Gasteiger partial charge in [0, 0.05) is 6.54 Å². The molecule has 0 saturated heterocycles. The van der Waals surface area contributed by atoms with E-state index in [0.717, 1.165) is 24.3 Å². The van der Waals surface area contributed by atoms with Gasteiger partial charge < -0.3 is 10.1 Å². The van der Waals surface area contributed by atoms with Crippen LogP contribution < -0.4 is 10.1 Å². The number of nitrogens with one attached hydrogen (secondary N) is 1. The van der Waals surface area contributed by atoms with E-state index in [1.165, 1.54) is 12.8 Å². The van der Waals surface area contributed by atoms with Crippen molar-refractivity contribution >= 4 is 17.5 Å². The van der Waals surface area contributed by atoms with Crippen LogP contribution in [0.25, 0.3) is 0 Å². The van der Waals surface area contributed by atoms with E-state index in [0.29, 0.717) is 6.54 Å². The van der Waals surface area contributed by atoms with Gasteiger partial charge in [-0.05, 0) is 24.1 Å². The van der Waals surface area contributed by atoms with Crippen LogP contribution in [0.4, 0.5) is 0 Å². The van der Waals surface area contributed by atoms with E-state index in [-0.39, 0.29) is 11.8 Å². The van der Waals surface area contributed by atoms with Gasteiger partial charge in [-0.2, -0.15) is 0 Å². The molecular formula is C14H20ClNO2. The Kier molecular flexibility index (Phi) is 7.26. The number of carbonyl (C=O) groups is 1. The maximum Gasteiger partial charge on any atom is 0.235 e. The van der Waals surface area contributed by atoms with Crippen molar-refractivity contribution in [1.82, 2.24) is 5.32 Å². The fourth-order valence-electron chi connectivity index (χ4n) is 1.54. The number of hydrogen-bond donors (Lipinski definition) is 1. The Bertz CT molecular complexity index is 369. The van der Waals surface area contributed by atoms with Crippen molar-refractivity contribution in [2.24, 2.45) is 0 Å². The average Bonchev–Trinajstić information content (AvgIpc) is 2.41. The van der Waals surface area contributed by atoms with Gasteiger partial charge in [0.1, 0.15) is 11.6 Å². The molecule has 0 aromatic heterocycles. The molecule has 100 valence electrons. The SMILES string of the molecule is CCCCCOc1cccc(CNC(=O)CCl)c1. The largest absolute Gasteiger partial charge is 0.494 e. The Labute approximate surface area is 113 Å². The first kappa shape index (κ1) is 14.8. The van der Waals surface area contributed by atoms with Gasteiger partial charge in [0.15, 0.2) is 0 Å². The molecule has 1 aromatic rings. The van der Waals surface area contributed by atoms with E-state index in [4.69, 9.17) is 16.3 Å². The summed E-state index contributed by atoms with van der Waals surface area (Å²) in [6, 6.07) is 7.75. The van der Waals surface area contributed by atoms with Crippen LogP contribution >= 0.6 is 11.6 Å². The van der Waals surface area contributed by atoms with E-state index < -0.39 is 0 Å². The number of unbranched alkanes of at least 4 members (excludes halogenated alkanes) is 2. The standard InChI is InChI=1S/C14H20ClNO2/c1-2-3-4-8-18-13-7-5-6-12(9-13)11-16-14(17)10-15/h5-7,9H,2-4,8,10-11H2,1H3,(H,16,17). The predicted octanol–water partition coefficient (Wildman–Crippen LogP) is 3.11. The number of carbonyl (C=O) groups excluding carboxylic acids is 1. The fraction of sp³-hybridized carbons (Fsp3) is 0.500. The Morgan fingerprint density at radius 1 is 1.39 bits per heavy atom. The maximum atomic E-state index is 11.0. The third kappa shape index (κ3) is 5.92. The maximum absolute atomic E-state index is 11.0. The van der Waals surface area contributed by atoms with Crippen molar-refractivity contribution in [3.63, 3.8) is 0 Å². The number of ether oxygens (including phenoxy) is 1. The van der Waals surface area contributed by atoms with Crippen molar-refractivity contribution < 1.29 is 9.53 Å².